The fourth-order valence-electron chi connectivity index (χ4n) is 1.13. The third-order valence-electron chi connectivity index (χ3n) is 1.64. The highest BCUT2D eigenvalue weighted by atomic mass is 16.1. The van der Waals surface area contributed by atoms with Crippen molar-refractivity contribution in [3.05, 3.63) is 24.2 Å². The van der Waals surface area contributed by atoms with Gasteiger partial charge in [0, 0.05) is 19.2 Å². The van der Waals surface area contributed by atoms with E-state index in [4.69, 9.17) is 0 Å². The van der Waals surface area contributed by atoms with Crippen LogP contribution in [0.3, 0.4) is 0 Å². The van der Waals surface area contributed by atoms with Gasteiger partial charge in [-0.15, -0.1) is 0 Å². The molecule has 4 heteroatoms. The first kappa shape index (κ1) is 6.42. The van der Waals surface area contributed by atoms with Crippen molar-refractivity contribution in [1.29, 1.82) is 0 Å². The number of carbonyl (C=O) groups excluding carboxylic acids is 1. The average molecular weight is 151 g/mol. The number of nitrogens with zero attached hydrogens (tertiary/aromatic N) is 1. The van der Waals surface area contributed by atoms with Crippen LogP contribution in [0, 0.1) is 0 Å². The maximum atomic E-state index is 11.0. The first-order chi connectivity index (χ1) is 5.36. The Morgan fingerprint density at radius 3 is 3.36 bits per heavy atom. The fourth-order valence-corrected chi connectivity index (χ4v) is 1.13. The van der Waals surface area contributed by atoms with Gasteiger partial charge in [0.2, 0.25) is 5.91 Å². The van der Waals surface area contributed by atoms with Gasteiger partial charge in [0.05, 0.1) is 0 Å². The van der Waals surface area contributed by atoms with Crippen molar-refractivity contribution >= 4 is 5.91 Å². The summed E-state index contributed by atoms with van der Waals surface area (Å²) in [6, 6.07) is 0. The van der Waals surface area contributed by atoms with Crippen molar-refractivity contribution in [2.24, 2.45) is 0 Å². The Labute approximate surface area is 64.5 Å². The zero-order valence-electron chi connectivity index (χ0n) is 6.00. The van der Waals surface area contributed by atoms with Gasteiger partial charge in [-0.25, -0.2) is 5.43 Å². The molecule has 0 aromatic heterocycles. The molecule has 0 spiro atoms. The minimum absolute atomic E-state index is 0.0405. The van der Waals surface area contributed by atoms with E-state index in [1.807, 2.05) is 23.4 Å². The van der Waals surface area contributed by atoms with E-state index in [0.717, 1.165) is 12.4 Å². The number of amides is 1. The summed E-state index contributed by atoms with van der Waals surface area (Å²) in [5, 5.41) is 4.57. The van der Waals surface area contributed by atoms with Gasteiger partial charge >= 0.3 is 0 Å². The predicted octanol–water partition coefficient (Wildman–Crippen LogP) is -0.318. The zero-order chi connectivity index (χ0) is 7.68. The van der Waals surface area contributed by atoms with E-state index in [-0.39, 0.29) is 5.91 Å². The van der Waals surface area contributed by atoms with E-state index < -0.39 is 0 Å². The van der Waals surface area contributed by atoms with E-state index >= 15 is 0 Å². The molecule has 0 atom stereocenters. The van der Waals surface area contributed by atoms with Crippen LogP contribution in [-0.4, -0.2) is 17.5 Å². The van der Waals surface area contributed by atoms with Crippen LogP contribution in [0.15, 0.2) is 24.2 Å². The first-order valence-corrected chi connectivity index (χ1v) is 3.56. The van der Waals surface area contributed by atoms with Crippen molar-refractivity contribution in [3.8, 4) is 0 Å². The lowest BCUT2D eigenvalue weighted by atomic mass is 10.4. The smallest absolute Gasteiger partial charge is 0.229 e. The second-order valence-corrected chi connectivity index (χ2v) is 2.46. The van der Waals surface area contributed by atoms with Crippen LogP contribution in [0.2, 0.25) is 0 Å². The minimum atomic E-state index is 0.0405. The summed E-state index contributed by atoms with van der Waals surface area (Å²) in [6.45, 7) is 0.778. The molecule has 2 aliphatic rings. The van der Waals surface area contributed by atoms with Gasteiger partial charge in [-0.2, -0.15) is 0 Å². The molecule has 0 saturated heterocycles. The minimum Gasteiger partial charge on any atom is -0.311 e. The van der Waals surface area contributed by atoms with Gasteiger partial charge < -0.3 is 5.32 Å². The summed E-state index contributed by atoms with van der Waals surface area (Å²) in [4.78, 5) is 11.0. The summed E-state index contributed by atoms with van der Waals surface area (Å²) in [7, 11) is 0. The Morgan fingerprint density at radius 1 is 1.55 bits per heavy atom. The summed E-state index contributed by atoms with van der Waals surface area (Å²) >= 11 is 0. The molecular weight excluding hydrogens is 142 g/mol. The molecule has 0 aromatic carbocycles. The number of nitrogens with one attached hydrogen (secondary N) is 2. The van der Waals surface area contributed by atoms with Gasteiger partial charge in [0.15, 0.2) is 0 Å². The van der Waals surface area contributed by atoms with Crippen LogP contribution in [0.25, 0.3) is 0 Å². The molecule has 2 heterocycles. The molecule has 2 N–H and O–H groups in total. The van der Waals surface area contributed by atoms with Gasteiger partial charge in [-0.05, 0) is 6.08 Å². The predicted molar refractivity (Wildman–Crippen MR) is 39.8 cm³/mol. The number of hydrazine groups is 1. The second kappa shape index (κ2) is 2.39. The molecule has 58 valence electrons. The van der Waals surface area contributed by atoms with E-state index in [0.29, 0.717) is 6.42 Å². The Morgan fingerprint density at radius 2 is 2.45 bits per heavy atom. The quantitative estimate of drug-likeness (QED) is 0.499. The van der Waals surface area contributed by atoms with Crippen LogP contribution in [-0.2, 0) is 4.79 Å². The highest BCUT2D eigenvalue weighted by Crippen LogP contribution is 2.07. The lowest BCUT2D eigenvalue weighted by Crippen LogP contribution is -2.33. The molecule has 4 nitrogen and oxygen atoms in total. The van der Waals surface area contributed by atoms with Crippen molar-refractivity contribution in [2.45, 2.75) is 6.42 Å². The Balaban J connectivity index is 2.22. The van der Waals surface area contributed by atoms with Crippen LogP contribution >= 0.6 is 0 Å². The summed E-state index contributed by atoms with van der Waals surface area (Å²) in [5.41, 5.74) is 3.06. The highest BCUT2D eigenvalue weighted by Gasteiger charge is 2.16. The fraction of sp³-hybridized carbons (Fsp3) is 0.286. The normalized spacial score (nSPS) is 22.4. The molecule has 2 aliphatic heterocycles. The van der Waals surface area contributed by atoms with Crippen molar-refractivity contribution in [1.82, 2.24) is 15.8 Å². The standard InChI is InChI=1S/C7H9N3O/c11-7-2-1-5-10-6(9-7)3-4-8-10/h1,3,5,8H,2,4H2,(H,9,11). The number of fused-ring (bicyclic) bond motifs is 1. The van der Waals surface area contributed by atoms with Gasteiger partial charge in [-0.1, -0.05) is 6.08 Å². The molecule has 0 unspecified atom stereocenters. The number of carbonyl (C=O) groups is 1. The van der Waals surface area contributed by atoms with Gasteiger partial charge in [-0.3, -0.25) is 9.80 Å². The molecule has 0 saturated carbocycles. The number of hydrogen-bond donors (Lipinski definition) is 2. The summed E-state index contributed by atoms with van der Waals surface area (Å²) in [6.07, 6.45) is 6.08. The SMILES string of the molecule is O=C1CC=CN2NCC=C2N1. The Kier molecular flexibility index (Phi) is 1.40. The topological polar surface area (TPSA) is 44.4 Å². The molecule has 0 fully saturated rings. The van der Waals surface area contributed by atoms with E-state index in [2.05, 4.69) is 10.7 Å². The lowest BCUT2D eigenvalue weighted by molar-refractivity contribution is -0.119. The Hall–Kier alpha value is -1.29. The molecule has 1 amide bonds. The van der Waals surface area contributed by atoms with Crippen molar-refractivity contribution < 1.29 is 4.79 Å². The lowest BCUT2D eigenvalue weighted by Gasteiger charge is -2.15. The highest BCUT2D eigenvalue weighted by molar-refractivity contribution is 5.79. The molecular formula is C7H9N3O. The third kappa shape index (κ3) is 1.12. The van der Waals surface area contributed by atoms with E-state index in [1.54, 1.807) is 0 Å². The summed E-state index contributed by atoms with van der Waals surface area (Å²) in [5.74, 6) is 0.877. The number of hydrogen-bond acceptors (Lipinski definition) is 3. The largest absolute Gasteiger partial charge is 0.311 e. The van der Waals surface area contributed by atoms with Gasteiger partial charge in [0.1, 0.15) is 5.82 Å². The monoisotopic (exact) mass is 151 g/mol. The van der Waals surface area contributed by atoms with E-state index in [1.165, 1.54) is 0 Å². The molecule has 0 radical (unpaired) electrons. The number of rotatable bonds is 0. The van der Waals surface area contributed by atoms with Crippen LogP contribution in [0.5, 0.6) is 0 Å². The molecule has 11 heavy (non-hydrogen) atoms. The average Bonchev–Trinajstić information content (AvgIpc) is 2.31. The van der Waals surface area contributed by atoms with Crippen LogP contribution in [0.1, 0.15) is 6.42 Å². The second-order valence-electron chi connectivity index (χ2n) is 2.46. The van der Waals surface area contributed by atoms with Crippen molar-refractivity contribution in [3.63, 3.8) is 0 Å². The maximum absolute atomic E-state index is 11.0. The van der Waals surface area contributed by atoms with Crippen LogP contribution < -0.4 is 10.7 Å². The molecule has 0 aliphatic carbocycles. The Bertz CT molecular complexity index is 244. The first-order valence-electron chi connectivity index (χ1n) is 3.56. The van der Waals surface area contributed by atoms with Gasteiger partial charge in [0.25, 0.3) is 0 Å². The van der Waals surface area contributed by atoms with Crippen LogP contribution in [0.4, 0.5) is 0 Å². The molecule has 2 rings (SSSR count). The van der Waals surface area contributed by atoms with Crippen molar-refractivity contribution in [2.75, 3.05) is 6.54 Å². The summed E-state index contributed by atoms with van der Waals surface area (Å²) < 4.78 is 0. The molecule has 0 aromatic rings. The zero-order valence-corrected chi connectivity index (χ0v) is 6.00. The molecule has 0 bridgehead atoms. The van der Waals surface area contributed by atoms with E-state index in [9.17, 15) is 4.79 Å². The third-order valence-corrected chi connectivity index (χ3v) is 1.64. The maximum Gasteiger partial charge on any atom is 0.229 e.